The van der Waals surface area contributed by atoms with Crippen molar-refractivity contribution in [2.45, 2.75) is 37.5 Å². The predicted molar refractivity (Wildman–Crippen MR) is 134 cm³/mol. The molecule has 1 fully saturated rings. The lowest BCUT2D eigenvalue weighted by Gasteiger charge is -2.38. The van der Waals surface area contributed by atoms with E-state index < -0.39 is 0 Å². The SMILES string of the molecule is S=C(NCC1(c2ccc(Cl)cc2)CCCCC1)Nc1nc(Cl)cc(Oc2ccccc2)n1. The molecule has 0 saturated heterocycles. The number of hydrogen-bond donors (Lipinski definition) is 2. The van der Waals surface area contributed by atoms with Gasteiger partial charge in [-0.05, 0) is 54.9 Å². The van der Waals surface area contributed by atoms with Crippen LogP contribution in [-0.4, -0.2) is 21.6 Å². The van der Waals surface area contributed by atoms with Gasteiger partial charge in [0.05, 0.1) is 0 Å². The van der Waals surface area contributed by atoms with Gasteiger partial charge in [0.2, 0.25) is 11.8 Å². The number of nitrogens with one attached hydrogen (secondary N) is 2. The second-order valence-electron chi connectivity index (χ2n) is 7.92. The summed E-state index contributed by atoms with van der Waals surface area (Å²) < 4.78 is 5.77. The Morgan fingerprint density at radius 2 is 1.69 bits per heavy atom. The molecule has 1 saturated carbocycles. The van der Waals surface area contributed by atoms with Crippen molar-refractivity contribution in [2.24, 2.45) is 0 Å². The van der Waals surface area contributed by atoms with Crippen molar-refractivity contribution in [3.8, 4) is 11.6 Å². The molecule has 1 aliphatic rings. The summed E-state index contributed by atoms with van der Waals surface area (Å²) in [5.41, 5.74) is 1.31. The van der Waals surface area contributed by atoms with Gasteiger partial charge in [-0.1, -0.05) is 72.8 Å². The van der Waals surface area contributed by atoms with Crippen LogP contribution in [0.1, 0.15) is 37.7 Å². The lowest BCUT2D eigenvalue weighted by atomic mass is 9.69. The Morgan fingerprint density at radius 3 is 2.41 bits per heavy atom. The zero-order valence-corrected chi connectivity index (χ0v) is 19.8. The van der Waals surface area contributed by atoms with Crippen LogP contribution in [0.15, 0.2) is 60.7 Å². The highest BCUT2D eigenvalue weighted by Crippen LogP contribution is 2.39. The van der Waals surface area contributed by atoms with Crippen LogP contribution in [0.4, 0.5) is 5.95 Å². The number of anilines is 1. The lowest BCUT2D eigenvalue weighted by Crippen LogP contribution is -2.43. The van der Waals surface area contributed by atoms with Gasteiger partial charge in [0.25, 0.3) is 0 Å². The summed E-state index contributed by atoms with van der Waals surface area (Å²) in [6.45, 7) is 0.717. The number of hydrogen-bond acceptors (Lipinski definition) is 4. The molecule has 1 aliphatic carbocycles. The number of thiocarbonyl (C=S) groups is 1. The fraction of sp³-hybridized carbons (Fsp3) is 0.292. The van der Waals surface area contributed by atoms with Gasteiger partial charge in [0.1, 0.15) is 10.9 Å². The molecule has 0 unspecified atom stereocenters. The van der Waals surface area contributed by atoms with Crippen LogP contribution in [0.5, 0.6) is 11.6 Å². The van der Waals surface area contributed by atoms with E-state index in [-0.39, 0.29) is 16.5 Å². The van der Waals surface area contributed by atoms with Crippen molar-refractivity contribution >= 4 is 46.5 Å². The van der Waals surface area contributed by atoms with Gasteiger partial charge in [-0.3, -0.25) is 0 Å². The van der Waals surface area contributed by atoms with Crippen molar-refractivity contribution in [3.63, 3.8) is 0 Å². The lowest BCUT2D eigenvalue weighted by molar-refractivity contribution is 0.292. The molecule has 166 valence electrons. The van der Waals surface area contributed by atoms with E-state index in [0.29, 0.717) is 23.3 Å². The van der Waals surface area contributed by atoms with Gasteiger partial charge in [-0.15, -0.1) is 0 Å². The monoisotopic (exact) mass is 486 g/mol. The van der Waals surface area contributed by atoms with Crippen LogP contribution in [0.2, 0.25) is 10.2 Å². The van der Waals surface area contributed by atoms with Crippen molar-refractivity contribution in [3.05, 3.63) is 76.4 Å². The Kier molecular flexibility index (Phi) is 7.45. The van der Waals surface area contributed by atoms with Crippen LogP contribution in [-0.2, 0) is 5.41 Å². The maximum Gasteiger partial charge on any atom is 0.233 e. The molecular formula is C24H24Cl2N4OS. The van der Waals surface area contributed by atoms with Crippen molar-refractivity contribution in [1.82, 2.24) is 15.3 Å². The van der Waals surface area contributed by atoms with E-state index in [1.807, 2.05) is 42.5 Å². The quantitative estimate of drug-likeness (QED) is 0.296. The molecule has 32 heavy (non-hydrogen) atoms. The Morgan fingerprint density at radius 1 is 0.969 bits per heavy atom. The molecule has 4 rings (SSSR count). The molecule has 5 nitrogen and oxygen atoms in total. The van der Waals surface area contributed by atoms with E-state index in [4.69, 9.17) is 40.2 Å². The highest BCUT2D eigenvalue weighted by molar-refractivity contribution is 7.80. The topological polar surface area (TPSA) is 59.1 Å². The number of halogens is 2. The molecule has 0 atom stereocenters. The molecule has 0 bridgehead atoms. The summed E-state index contributed by atoms with van der Waals surface area (Å²) in [6, 6.07) is 19.1. The van der Waals surface area contributed by atoms with Crippen molar-refractivity contribution in [1.29, 1.82) is 0 Å². The third kappa shape index (κ3) is 5.88. The van der Waals surface area contributed by atoms with Crippen LogP contribution in [0.3, 0.4) is 0 Å². The maximum atomic E-state index is 6.17. The molecule has 0 amide bonds. The molecule has 2 N–H and O–H groups in total. The number of nitrogens with zero attached hydrogens (tertiary/aromatic N) is 2. The first-order valence-electron chi connectivity index (χ1n) is 10.6. The van der Waals surface area contributed by atoms with Gasteiger partial charge < -0.3 is 15.4 Å². The minimum Gasteiger partial charge on any atom is -0.439 e. The van der Waals surface area contributed by atoms with Gasteiger partial charge in [0.15, 0.2) is 5.11 Å². The average Bonchev–Trinajstić information content (AvgIpc) is 2.79. The first kappa shape index (κ1) is 22.8. The minimum absolute atomic E-state index is 0.0192. The third-order valence-electron chi connectivity index (χ3n) is 5.72. The molecule has 2 aromatic carbocycles. The molecule has 0 spiro atoms. The third-order valence-corrected chi connectivity index (χ3v) is 6.41. The molecular weight excluding hydrogens is 463 g/mol. The summed E-state index contributed by atoms with van der Waals surface area (Å²) in [4.78, 5) is 8.59. The molecule has 0 radical (unpaired) electrons. The number of benzene rings is 2. The van der Waals surface area contributed by atoms with E-state index in [1.165, 1.54) is 24.8 Å². The Hall–Kier alpha value is -2.41. The summed E-state index contributed by atoms with van der Waals surface area (Å²) in [6.07, 6.45) is 5.86. The van der Waals surface area contributed by atoms with Crippen LogP contribution < -0.4 is 15.4 Å². The van der Waals surface area contributed by atoms with Crippen molar-refractivity contribution < 1.29 is 4.74 Å². The first-order valence-corrected chi connectivity index (χ1v) is 11.8. The van der Waals surface area contributed by atoms with Crippen LogP contribution in [0, 0.1) is 0 Å². The largest absolute Gasteiger partial charge is 0.439 e. The zero-order chi connectivity index (χ0) is 22.4. The normalized spacial score (nSPS) is 15.1. The van der Waals surface area contributed by atoms with E-state index in [9.17, 15) is 0 Å². The van der Waals surface area contributed by atoms with Gasteiger partial charge >= 0.3 is 0 Å². The summed E-state index contributed by atoms with van der Waals surface area (Å²) in [5.74, 6) is 1.28. The van der Waals surface area contributed by atoms with Gasteiger partial charge in [0, 0.05) is 23.0 Å². The summed E-state index contributed by atoms with van der Waals surface area (Å²) in [5, 5.41) is 7.86. The molecule has 1 heterocycles. The Labute approximate surface area is 203 Å². The number of para-hydroxylation sites is 1. The van der Waals surface area contributed by atoms with E-state index in [1.54, 1.807) is 6.07 Å². The predicted octanol–water partition coefficient (Wildman–Crippen LogP) is 6.76. The van der Waals surface area contributed by atoms with E-state index in [2.05, 4.69) is 32.7 Å². The summed E-state index contributed by atoms with van der Waals surface area (Å²) >= 11 is 17.8. The molecule has 8 heteroatoms. The highest BCUT2D eigenvalue weighted by Gasteiger charge is 2.34. The smallest absolute Gasteiger partial charge is 0.233 e. The fourth-order valence-electron chi connectivity index (χ4n) is 4.11. The molecule has 1 aromatic heterocycles. The summed E-state index contributed by atoms with van der Waals surface area (Å²) in [7, 11) is 0. The van der Waals surface area contributed by atoms with Crippen LogP contribution >= 0.6 is 35.4 Å². The van der Waals surface area contributed by atoms with Crippen molar-refractivity contribution in [2.75, 3.05) is 11.9 Å². The molecule has 3 aromatic rings. The van der Waals surface area contributed by atoms with Gasteiger partial charge in [-0.25, -0.2) is 4.98 Å². The van der Waals surface area contributed by atoms with E-state index >= 15 is 0 Å². The number of rotatable bonds is 6. The minimum atomic E-state index is 0.0192. The zero-order valence-electron chi connectivity index (χ0n) is 17.5. The molecule has 0 aliphatic heterocycles. The number of ether oxygens (including phenoxy) is 1. The number of aromatic nitrogens is 2. The van der Waals surface area contributed by atoms with Gasteiger partial charge in [-0.2, -0.15) is 4.98 Å². The maximum absolute atomic E-state index is 6.17. The standard InChI is InChI=1S/C24H24Cl2N4OS/c25-18-11-9-17(10-12-18)24(13-5-2-6-14-24)16-27-23(32)30-22-28-20(26)15-21(29-22)31-19-7-3-1-4-8-19/h1,3-4,7-12,15H,2,5-6,13-14,16H2,(H2,27,28,29,30,32). The Bertz CT molecular complexity index is 1060. The van der Waals surface area contributed by atoms with E-state index in [0.717, 1.165) is 17.9 Å². The van der Waals surface area contributed by atoms with Crippen LogP contribution in [0.25, 0.3) is 0 Å². The average molecular weight is 487 g/mol. The highest BCUT2D eigenvalue weighted by atomic mass is 35.5. The fourth-order valence-corrected chi connectivity index (χ4v) is 4.57. The Balaban J connectivity index is 1.43. The second kappa shape index (κ2) is 10.5. The first-order chi connectivity index (χ1) is 15.5. The second-order valence-corrected chi connectivity index (χ2v) is 9.16.